The molecular weight excluding hydrogens is 410 g/mol. The zero-order valence-corrected chi connectivity index (χ0v) is 19.7. The molecule has 2 atom stereocenters. The Morgan fingerprint density at radius 3 is 2.26 bits per heavy atom. The second-order valence-corrected chi connectivity index (χ2v) is 17.0. The Bertz CT molecular complexity index is 509. The first kappa shape index (κ1) is 21.7. The summed E-state index contributed by atoms with van der Waals surface area (Å²) in [5.74, 6) is 0. The monoisotopic (exact) mass is 439 g/mol. The van der Waals surface area contributed by atoms with Gasteiger partial charge in [0.2, 0.25) is 0 Å². The lowest BCUT2D eigenvalue weighted by molar-refractivity contribution is 0.257. The van der Waals surface area contributed by atoms with E-state index in [0.717, 1.165) is 9.35 Å². The van der Waals surface area contributed by atoms with Crippen molar-refractivity contribution in [2.45, 2.75) is 70.5 Å². The quantitative estimate of drug-likeness (QED) is 0.461. The summed E-state index contributed by atoms with van der Waals surface area (Å²) in [5.41, 5.74) is 0. The molecular formula is C16H30BrNO2S2Si. The highest BCUT2D eigenvalue weighted by Crippen LogP contribution is 2.38. The Balaban J connectivity index is 2.89. The van der Waals surface area contributed by atoms with E-state index in [2.05, 4.69) is 66.0 Å². The van der Waals surface area contributed by atoms with Crippen molar-refractivity contribution in [2.24, 2.45) is 0 Å². The van der Waals surface area contributed by atoms with Crippen molar-refractivity contribution < 1.29 is 8.98 Å². The summed E-state index contributed by atoms with van der Waals surface area (Å²) in [6.07, 6.45) is 0. The smallest absolute Gasteiger partial charge is 0.192 e. The minimum atomic E-state index is -1.84. The van der Waals surface area contributed by atoms with Crippen LogP contribution in [-0.2, 0) is 15.8 Å². The second kappa shape index (κ2) is 7.89. The SMILES string of the molecule is CC(C)(C)[S@@+]([O-])N[C@H](CO[Si](C)(C)C(C)(C)C)c1cc(Br)cs1. The lowest BCUT2D eigenvalue weighted by atomic mass is 10.2. The second-order valence-electron chi connectivity index (χ2n) is 8.29. The van der Waals surface area contributed by atoms with Gasteiger partial charge in [0.15, 0.2) is 8.32 Å². The number of hydrogen-bond acceptors (Lipinski definition) is 4. The van der Waals surface area contributed by atoms with Crippen molar-refractivity contribution in [3.8, 4) is 0 Å². The molecule has 0 aliphatic rings. The topological polar surface area (TPSA) is 44.3 Å². The summed E-state index contributed by atoms with van der Waals surface area (Å²) in [4.78, 5) is 1.15. The molecule has 23 heavy (non-hydrogen) atoms. The summed E-state index contributed by atoms with van der Waals surface area (Å²) >= 11 is 4.03. The molecule has 0 aliphatic heterocycles. The van der Waals surface area contributed by atoms with E-state index in [0.29, 0.717) is 6.61 Å². The van der Waals surface area contributed by atoms with Crippen LogP contribution in [0.3, 0.4) is 0 Å². The van der Waals surface area contributed by atoms with E-state index in [1.54, 1.807) is 11.3 Å². The van der Waals surface area contributed by atoms with Crippen LogP contribution in [0.4, 0.5) is 0 Å². The Labute approximate surface area is 158 Å². The van der Waals surface area contributed by atoms with Crippen LogP contribution >= 0.6 is 27.3 Å². The Morgan fingerprint density at radius 1 is 1.30 bits per heavy atom. The predicted octanol–water partition coefficient (Wildman–Crippen LogP) is 5.63. The Morgan fingerprint density at radius 2 is 1.87 bits per heavy atom. The average molecular weight is 441 g/mol. The maximum absolute atomic E-state index is 12.5. The molecule has 134 valence electrons. The number of nitrogens with one attached hydrogen (secondary N) is 1. The van der Waals surface area contributed by atoms with E-state index >= 15 is 0 Å². The third-order valence-corrected chi connectivity index (χ3v) is 12.1. The molecule has 1 N–H and O–H groups in total. The molecule has 0 spiro atoms. The summed E-state index contributed by atoms with van der Waals surface area (Å²) in [6, 6.07) is 2.03. The lowest BCUT2D eigenvalue weighted by Crippen LogP contribution is -2.46. The van der Waals surface area contributed by atoms with Gasteiger partial charge in [-0.15, -0.1) is 16.1 Å². The van der Waals surface area contributed by atoms with Gasteiger partial charge in [-0.25, -0.2) is 0 Å². The molecule has 3 nitrogen and oxygen atoms in total. The molecule has 1 rings (SSSR count). The molecule has 0 aromatic carbocycles. The fourth-order valence-electron chi connectivity index (χ4n) is 1.50. The highest BCUT2D eigenvalue weighted by molar-refractivity contribution is 9.10. The van der Waals surface area contributed by atoms with Gasteiger partial charge in [-0.05, 0) is 60.9 Å². The first-order chi connectivity index (χ1) is 10.2. The molecule has 1 aromatic heterocycles. The van der Waals surface area contributed by atoms with Gasteiger partial charge < -0.3 is 8.98 Å². The Hall–Kier alpha value is 0.627. The highest BCUT2D eigenvalue weighted by Gasteiger charge is 2.39. The number of halogens is 1. The predicted molar refractivity (Wildman–Crippen MR) is 109 cm³/mol. The minimum Gasteiger partial charge on any atom is -0.598 e. The van der Waals surface area contributed by atoms with Gasteiger partial charge in [-0.1, -0.05) is 20.8 Å². The van der Waals surface area contributed by atoms with Gasteiger partial charge in [0, 0.05) is 26.1 Å². The molecule has 1 heterocycles. The van der Waals surface area contributed by atoms with Crippen molar-refractivity contribution in [3.05, 3.63) is 20.8 Å². The van der Waals surface area contributed by atoms with Crippen LogP contribution in [0, 0.1) is 0 Å². The van der Waals surface area contributed by atoms with E-state index in [1.807, 2.05) is 20.8 Å². The van der Waals surface area contributed by atoms with Gasteiger partial charge in [-0.3, -0.25) is 0 Å². The summed E-state index contributed by atoms with van der Waals surface area (Å²) in [7, 11) is -1.84. The normalized spacial score (nSPS) is 16.4. The standard InChI is InChI=1S/C16H30BrNO2S2Si/c1-15(2,3)22(19)18-13(14-9-12(17)11-21-14)10-20-23(7,8)16(4,5)6/h9,11,13,18H,10H2,1-8H3/t13-,22-/m1/s1. The van der Waals surface area contributed by atoms with Gasteiger partial charge >= 0.3 is 0 Å². The molecule has 0 bridgehead atoms. The first-order valence-electron chi connectivity index (χ1n) is 7.80. The number of thiophene rings is 1. The van der Waals surface area contributed by atoms with Crippen molar-refractivity contribution in [1.82, 2.24) is 4.72 Å². The average Bonchev–Trinajstić information content (AvgIpc) is 2.78. The van der Waals surface area contributed by atoms with Crippen molar-refractivity contribution in [1.29, 1.82) is 0 Å². The molecule has 0 saturated carbocycles. The lowest BCUT2D eigenvalue weighted by Gasteiger charge is -2.37. The van der Waals surface area contributed by atoms with Crippen molar-refractivity contribution in [2.75, 3.05) is 6.61 Å². The van der Waals surface area contributed by atoms with E-state index in [1.165, 1.54) is 0 Å². The van der Waals surface area contributed by atoms with E-state index < -0.39 is 19.7 Å². The molecule has 0 amide bonds. The van der Waals surface area contributed by atoms with Gasteiger partial charge in [0.05, 0.1) is 6.61 Å². The van der Waals surface area contributed by atoms with E-state index in [9.17, 15) is 4.55 Å². The first-order valence-corrected chi connectivity index (χ1v) is 13.5. The van der Waals surface area contributed by atoms with Crippen LogP contribution in [0.1, 0.15) is 52.5 Å². The van der Waals surface area contributed by atoms with Gasteiger partial charge in [0.25, 0.3) is 0 Å². The molecule has 0 aliphatic carbocycles. The molecule has 0 radical (unpaired) electrons. The molecule has 0 saturated heterocycles. The highest BCUT2D eigenvalue weighted by atomic mass is 79.9. The van der Waals surface area contributed by atoms with E-state index in [4.69, 9.17) is 4.43 Å². The third kappa shape index (κ3) is 6.45. The van der Waals surface area contributed by atoms with Crippen molar-refractivity contribution >= 4 is 46.9 Å². The van der Waals surface area contributed by atoms with Crippen LogP contribution in [-0.4, -0.2) is 24.2 Å². The summed E-state index contributed by atoms with van der Waals surface area (Å²) in [6.45, 7) is 17.7. The van der Waals surface area contributed by atoms with Gasteiger partial charge in [-0.2, -0.15) is 0 Å². The van der Waals surface area contributed by atoms with Crippen LogP contribution in [0.2, 0.25) is 18.1 Å². The summed E-state index contributed by atoms with van der Waals surface area (Å²) in [5, 5.41) is 2.22. The fraction of sp³-hybridized carbons (Fsp3) is 0.750. The largest absolute Gasteiger partial charge is 0.598 e. The van der Waals surface area contributed by atoms with Crippen LogP contribution in [0.15, 0.2) is 15.9 Å². The van der Waals surface area contributed by atoms with Crippen LogP contribution in [0.25, 0.3) is 0 Å². The zero-order chi connectivity index (χ0) is 18.1. The fourth-order valence-corrected chi connectivity index (χ4v) is 4.88. The maximum atomic E-state index is 12.5. The number of rotatable bonds is 6. The molecule has 7 heteroatoms. The Kier molecular flexibility index (Phi) is 7.43. The minimum absolute atomic E-state index is 0.0551. The third-order valence-electron chi connectivity index (χ3n) is 4.15. The molecule has 1 aromatic rings. The van der Waals surface area contributed by atoms with Gasteiger partial charge in [0.1, 0.15) is 10.8 Å². The number of hydrogen-bond donors (Lipinski definition) is 1. The van der Waals surface area contributed by atoms with E-state index in [-0.39, 0.29) is 15.8 Å². The summed E-state index contributed by atoms with van der Waals surface area (Å²) < 4.78 is 22.9. The zero-order valence-electron chi connectivity index (χ0n) is 15.5. The van der Waals surface area contributed by atoms with Crippen LogP contribution in [0.5, 0.6) is 0 Å². The molecule has 0 fully saturated rings. The van der Waals surface area contributed by atoms with Crippen molar-refractivity contribution in [3.63, 3.8) is 0 Å². The molecule has 0 unspecified atom stereocenters. The maximum Gasteiger partial charge on any atom is 0.192 e. The van der Waals surface area contributed by atoms with Crippen LogP contribution < -0.4 is 4.72 Å².